The second-order valence-corrected chi connectivity index (χ2v) is 5.74. The lowest BCUT2D eigenvalue weighted by molar-refractivity contribution is -0.117. The van der Waals surface area contributed by atoms with Gasteiger partial charge < -0.3 is 9.73 Å². The van der Waals surface area contributed by atoms with Crippen LogP contribution >= 0.6 is 11.8 Å². The summed E-state index contributed by atoms with van der Waals surface area (Å²) in [4.78, 5) is 23.0. The van der Waals surface area contributed by atoms with Crippen LogP contribution in [0.5, 0.6) is 0 Å². The van der Waals surface area contributed by atoms with Gasteiger partial charge >= 0.3 is 6.03 Å². The Morgan fingerprint density at radius 1 is 1.30 bits per heavy atom. The molecule has 1 aromatic heterocycles. The number of amides is 3. The average molecular weight is 338 g/mol. The number of halogens is 1. The molecule has 23 heavy (non-hydrogen) atoms. The lowest BCUT2D eigenvalue weighted by Gasteiger charge is -2.08. The number of urea groups is 1. The van der Waals surface area contributed by atoms with Gasteiger partial charge in [0.2, 0.25) is 5.91 Å². The first-order valence-corrected chi connectivity index (χ1v) is 7.76. The molecule has 9 heteroatoms. The van der Waals surface area contributed by atoms with E-state index in [0.29, 0.717) is 0 Å². The Bertz CT molecular complexity index is 705. The minimum Gasteiger partial charge on any atom is -0.411 e. The number of thioether (sulfide) groups is 1. The minimum absolute atomic E-state index is 0.0311. The van der Waals surface area contributed by atoms with Crippen LogP contribution in [-0.4, -0.2) is 33.9 Å². The number of carbonyl (C=O) groups excluding carboxylic acids is 2. The third kappa shape index (κ3) is 5.06. The van der Waals surface area contributed by atoms with Crippen molar-refractivity contribution < 1.29 is 18.4 Å². The number of imide groups is 1. The van der Waals surface area contributed by atoms with Gasteiger partial charge in [0.05, 0.1) is 11.3 Å². The summed E-state index contributed by atoms with van der Waals surface area (Å²) in [7, 11) is 0. The lowest BCUT2D eigenvalue weighted by Crippen LogP contribution is -2.43. The highest BCUT2D eigenvalue weighted by molar-refractivity contribution is 7.99. The molecule has 1 heterocycles. The van der Waals surface area contributed by atoms with Gasteiger partial charge in [-0.25, -0.2) is 9.18 Å². The molecule has 0 radical (unpaired) electrons. The van der Waals surface area contributed by atoms with E-state index in [0.717, 1.165) is 11.8 Å². The molecule has 3 amide bonds. The molecule has 122 valence electrons. The largest absolute Gasteiger partial charge is 0.411 e. The van der Waals surface area contributed by atoms with Crippen molar-refractivity contribution >= 4 is 23.7 Å². The van der Waals surface area contributed by atoms with Crippen LogP contribution in [-0.2, 0) is 4.79 Å². The standard InChI is InChI=1S/C14H15FN4O3S/c1-8(2)16-13(21)17-11(20)7-23-14-19-18-12(22-14)9-5-3-4-6-10(9)15/h3-6,8H,7H2,1-2H3,(H2,16,17,20,21). The molecule has 0 fully saturated rings. The third-order valence-electron chi connectivity index (χ3n) is 2.51. The van der Waals surface area contributed by atoms with Crippen molar-refractivity contribution in [1.29, 1.82) is 0 Å². The average Bonchev–Trinajstić information content (AvgIpc) is 2.93. The first-order valence-electron chi connectivity index (χ1n) is 6.77. The van der Waals surface area contributed by atoms with Gasteiger partial charge in [-0.3, -0.25) is 10.1 Å². The molecule has 1 aromatic carbocycles. The molecule has 0 aliphatic carbocycles. The van der Waals surface area contributed by atoms with Crippen LogP contribution in [0.2, 0.25) is 0 Å². The molecule has 2 N–H and O–H groups in total. The molecule has 0 saturated carbocycles. The SMILES string of the molecule is CC(C)NC(=O)NC(=O)CSc1nnc(-c2ccccc2F)o1. The molecule has 0 spiro atoms. The van der Waals surface area contributed by atoms with E-state index in [9.17, 15) is 14.0 Å². The summed E-state index contributed by atoms with van der Waals surface area (Å²) in [6, 6.07) is 5.36. The number of hydrogen-bond acceptors (Lipinski definition) is 6. The van der Waals surface area contributed by atoms with E-state index in [-0.39, 0.29) is 28.5 Å². The summed E-state index contributed by atoms with van der Waals surface area (Å²) in [6.45, 7) is 3.56. The van der Waals surface area contributed by atoms with Gasteiger partial charge in [-0.05, 0) is 26.0 Å². The van der Waals surface area contributed by atoms with Crippen molar-refractivity contribution in [3.05, 3.63) is 30.1 Å². The number of benzene rings is 1. The van der Waals surface area contributed by atoms with E-state index in [2.05, 4.69) is 20.8 Å². The van der Waals surface area contributed by atoms with Crippen molar-refractivity contribution in [3.8, 4) is 11.5 Å². The Hall–Kier alpha value is -2.42. The van der Waals surface area contributed by atoms with Crippen molar-refractivity contribution in [1.82, 2.24) is 20.8 Å². The van der Waals surface area contributed by atoms with Crippen molar-refractivity contribution in [2.45, 2.75) is 25.1 Å². The number of nitrogens with one attached hydrogen (secondary N) is 2. The monoisotopic (exact) mass is 338 g/mol. The number of carbonyl (C=O) groups is 2. The number of aromatic nitrogens is 2. The smallest absolute Gasteiger partial charge is 0.321 e. The molecule has 2 aromatic rings. The van der Waals surface area contributed by atoms with Crippen LogP contribution in [0.25, 0.3) is 11.5 Å². The lowest BCUT2D eigenvalue weighted by atomic mass is 10.2. The fraction of sp³-hybridized carbons (Fsp3) is 0.286. The molecule has 2 rings (SSSR count). The zero-order chi connectivity index (χ0) is 16.8. The molecule has 0 aliphatic rings. The van der Waals surface area contributed by atoms with Gasteiger partial charge in [0.25, 0.3) is 11.1 Å². The zero-order valence-electron chi connectivity index (χ0n) is 12.5. The number of nitrogens with zero attached hydrogens (tertiary/aromatic N) is 2. The Kier molecular flexibility index (Phi) is 5.69. The summed E-state index contributed by atoms with van der Waals surface area (Å²) in [5.74, 6) is -1.03. The highest BCUT2D eigenvalue weighted by Crippen LogP contribution is 2.24. The van der Waals surface area contributed by atoms with Gasteiger partial charge in [0.1, 0.15) is 5.82 Å². The molecular weight excluding hydrogens is 323 g/mol. The number of hydrogen-bond donors (Lipinski definition) is 2. The quantitative estimate of drug-likeness (QED) is 0.811. The molecule has 0 unspecified atom stereocenters. The first-order chi connectivity index (χ1) is 11.0. The topological polar surface area (TPSA) is 97.1 Å². The predicted octanol–water partition coefficient (Wildman–Crippen LogP) is 2.20. The fourth-order valence-corrected chi connectivity index (χ4v) is 2.16. The normalized spacial score (nSPS) is 10.6. The van der Waals surface area contributed by atoms with E-state index < -0.39 is 17.8 Å². The molecular formula is C14H15FN4O3S. The highest BCUT2D eigenvalue weighted by Gasteiger charge is 2.15. The first kappa shape index (κ1) is 16.9. The van der Waals surface area contributed by atoms with Crippen LogP contribution in [0.3, 0.4) is 0 Å². The summed E-state index contributed by atoms with van der Waals surface area (Å²) < 4.78 is 18.9. The maximum Gasteiger partial charge on any atom is 0.321 e. The second-order valence-electron chi connectivity index (χ2n) is 4.82. The zero-order valence-corrected chi connectivity index (χ0v) is 13.3. The Balaban J connectivity index is 1.89. The van der Waals surface area contributed by atoms with Gasteiger partial charge in [-0.1, -0.05) is 23.9 Å². The highest BCUT2D eigenvalue weighted by atomic mass is 32.2. The summed E-state index contributed by atoms with van der Waals surface area (Å²) in [5.41, 5.74) is 0.188. The Morgan fingerprint density at radius 3 is 2.74 bits per heavy atom. The van der Waals surface area contributed by atoms with E-state index in [1.54, 1.807) is 26.0 Å². The molecule has 0 saturated heterocycles. The van der Waals surface area contributed by atoms with Crippen LogP contribution < -0.4 is 10.6 Å². The summed E-state index contributed by atoms with van der Waals surface area (Å²) in [5, 5.41) is 12.3. The van der Waals surface area contributed by atoms with Crippen molar-refractivity contribution in [3.63, 3.8) is 0 Å². The summed E-state index contributed by atoms with van der Waals surface area (Å²) in [6.07, 6.45) is 0. The van der Waals surface area contributed by atoms with E-state index in [4.69, 9.17) is 4.42 Å². The van der Waals surface area contributed by atoms with Crippen LogP contribution in [0.1, 0.15) is 13.8 Å². The fourth-order valence-electron chi connectivity index (χ4n) is 1.60. The van der Waals surface area contributed by atoms with E-state index >= 15 is 0 Å². The van der Waals surface area contributed by atoms with E-state index in [1.165, 1.54) is 12.1 Å². The summed E-state index contributed by atoms with van der Waals surface area (Å²) >= 11 is 0.956. The van der Waals surface area contributed by atoms with Gasteiger partial charge in [0.15, 0.2) is 0 Å². The predicted molar refractivity (Wildman–Crippen MR) is 82.2 cm³/mol. The van der Waals surface area contributed by atoms with Gasteiger partial charge in [0, 0.05) is 6.04 Å². The second kappa shape index (κ2) is 7.73. The number of rotatable bonds is 5. The maximum atomic E-state index is 13.6. The van der Waals surface area contributed by atoms with Crippen LogP contribution in [0.4, 0.5) is 9.18 Å². The van der Waals surface area contributed by atoms with Crippen molar-refractivity contribution in [2.75, 3.05) is 5.75 Å². The van der Waals surface area contributed by atoms with Crippen LogP contribution in [0, 0.1) is 5.82 Å². The molecule has 0 atom stereocenters. The third-order valence-corrected chi connectivity index (χ3v) is 3.33. The van der Waals surface area contributed by atoms with Gasteiger partial charge in [-0.15, -0.1) is 10.2 Å². The Morgan fingerprint density at radius 2 is 2.04 bits per heavy atom. The van der Waals surface area contributed by atoms with Crippen LogP contribution in [0.15, 0.2) is 33.9 Å². The minimum atomic E-state index is -0.567. The molecule has 0 aliphatic heterocycles. The van der Waals surface area contributed by atoms with Crippen molar-refractivity contribution in [2.24, 2.45) is 0 Å². The molecule has 7 nitrogen and oxygen atoms in total. The maximum absolute atomic E-state index is 13.6. The molecule has 0 bridgehead atoms. The Labute approximate surface area is 136 Å². The van der Waals surface area contributed by atoms with E-state index in [1.807, 2.05) is 0 Å². The van der Waals surface area contributed by atoms with Gasteiger partial charge in [-0.2, -0.15) is 0 Å².